The monoisotopic (exact) mass is 228 g/mol. The molecule has 1 aliphatic carbocycles. The molecule has 0 aliphatic heterocycles. The Morgan fingerprint density at radius 3 is 3.06 bits per heavy atom. The van der Waals surface area contributed by atoms with Crippen molar-refractivity contribution >= 4 is 0 Å². The van der Waals surface area contributed by atoms with Crippen molar-refractivity contribution in [1.29, 1.82) is 0 Å². The number of hydrogen-bond donors (Lipinski definition) is 2. The van der Waals surface area contributed by atoms with Gasteiger partial charge in [-0.1, -0.05) is 29.9 Å². The molecule has 0 spiro atoms. The summed E-state index contributed by atoms with van der Waals surface area (Å²) in [5, 5.41) is 13.1. The number of rotatable bonds is 3. The average molecular weight is 228 g/mol. The van der Waals surface area contributed by atoms with Gasteiger partial charge in [0.25, 0.3) is 0 Å². The molecule has 3 nitrogen and oxygen atoms in total. The number of nitrogens with one attached hydrogen (secondary N) is 1. The van der Waals surface area contributed by atoms with E-state index in [1.54, 1.807) is 12.4 Å². The Morgan fingerprint density at radius 2 is 2.29 bits per heavy atom. The summed E-state index contributed by atoms with van der Waals surface area (Å²) in [4.78, 5) is 3.98. The number of allylic oxidation sites excluding steroid dienone is 5. The lowest BCUT2D eigenvalue weighted by molar-refractivity contribution is 0.150. The second-order valence-corrected chi connectivity index (χ2v) is 4.04. The maximum atomic E-state index is 9.99. The van der Waals surface area contributed by atoms with Crippen LogP contribution in [-0.4, -0.2) is 10.1 Å². The van der Waals surface area contributed by atoms with Gasteiger partial charge in [-0.3, -0.25) is 4.98 Å². The van der Waals surface area contributed by atoms with E-state index in [1.807, 2.05) is 31.2 Å². The minimum Gasteiger partial charge on any atom is -0.369 e. The van der Waals surface area contributed by atoms with Gasteiger partial charge in [0, 0.05) is 30.1 Å². The van der Waals surface area contributed by atoms with Crippen LogP contribution in [0, 0.1) is 0 Å². The zero-order valence-corrected chi connectivity index (χ0v) is 9.80. The Balaban J connectivity index is 2.05. The molecule has 2 rings (SSSR count). The van der Waals surface area contributed by atoms with Gasteiger partial charge in [-0.15, -0.1) is 0 Å². The Labute approximate surface area is 101 Å². The molecule has 1 aromatic rings. The average Bonchev–Trinajstić information content (AvgIpc) is 2.56. The minimum atomic E-state index is -0.713. The molecular formula is C14H16N2O. The lowest BCUT2D eigenvalue weighted by Crippen LogP contribution is -2.20. The van der Waals surface area contributed by atoms with Gasteiger partial charge in [-0.2, -0.15) is 0 Å². The Bertz CT molecular complexity index is 460. The van der Waals surface area contributed by atoms with Crippen LogP contribution < -0.4 is 5.32 Å². The van der Waals surface area contributed by atoms with Crippen LogP contribution in [0.1, 0.15) is 25.1 Å². The first-order valence-corrected chi connectivity index (χ1v) is 5.64. The fraction of sp³-hybridized carbons (Fsp3) is 0.214. The molecule has 0 amide bonds. The Kier molecular flexibility index (Phi) is 3.73. The van der Waals surface area contributed by atoms with Crippen LogP contribution in [0.2, 0.25) is 0 Å². The van der Waals surface area contributed by atoms with Crippen molar-refractivity contribution in [2.24, 2.45) is 0 Å². The summed E-state index contributed by atoms with van der Waals surface area (Å²) in [5.74, 6) is 0. The molecule has 0 radical (unpaired) electrons. The molecule has 17 heavy (non-hydrogen) atoms. The molecule has 0 bridgehead atoms. The summed E-state index contributed by atoms with van der Waals surface area (Å²) in [6.45, 7) is 2.05. The molecule has 0 saturated heterocycles. The van der Waals surface area contributed by atoms with Gasteiger partial charge in [0.2, 0.25) is 0 Å². The van der Waals surface area contributed by atoms with Crippen molar-refractivity contribution in [3.63, 3.8) is 0 Å². The van der Waals surface area contributed by atoms with Crippen molar-refractivity contribution < 1.29 is 5.11 Å². The molecular weight excluding hydrogens is 212 g/mol. The van der Waals surface area contributed by atoms with Crippen molar-refractivity contribution in [3.05, 3.63) is 65.7 Å². The molecule has 1 heterocycles. The fourth-order valence-electron chi connectivity index (χ4n) is 1.63. The predicted octanol–water partition coefficient (Wildman–Crippen LogP) is 2.45. The van der Waals surface area contributed by atoms with Crippen LogP contribution in [0.3, 0.4) is 0 Å². The van der Waals surface area contributed by atoms with Crippen molar-refractivity contribution in [1.82, 2.24) is 10.3 Å². The zero-order chi connectivity index (χ0) is 12.1. The molecule has 0 saturated carbocycles. The molecule has 2 N–H and O–H groups in total. The van der Waals surface area contributed by atoms with E-state index in [0.29, 0.717) is 0 Å². The summed E-state index contributed by atoms with van der Waals surface area (Å²) in [6, 6.07) is 3.66. The van der Waals surface area contributed by atoms with Gasteiger partial charge < -0.3 is 10.4 Å². The first kappa shape index (κ1) is 11.6. The summed E-state index contributed by atoms with van der Waals surface area (Å²) in [5.41, 5.74) is 2.97. The van der Waals surface area contributed by atoms with Gasteiger partial charge in [0.1, 0.15) is 0 Å². The van der Waals surface area contributed by atoms with Gasteiger partial charge in [0.15, 0.2) is 6.23 Å². The summed E-state index contributed by atoms with van der Waals surface area (Å²) in [7, 11) is 0. The third-order valence-electron chi connectivity index (χ3n) is 2.59. The van der Waals surface area contributed by atoms with E-state index in [-0.39, 0.29) is 0 Å². The van der Waals surface area contributed by atoms with Crippen molar-refractivity contribution in [2.75, 3.05) is 0 Å². The number of aromatic nitrogens is 1. The number of aliphatic hydroxyl groups excluding tert-OH is 1. The fourth-order valence-corrected chi connectivity index (χ4v) is 1.63. The van der Waals surface area contributed by atoms with Crippen LogP contribution >= 0.6 is 0 Å². The number of hydrogen-bond acceptors (Lipinski definition) is 3. The standard InChI is InChI=1S/C14H16N2O/c1-11-4-2-6-13(8-7-11)16-14(17)12-5-3-9-15-10-12/h2-5,7-10,14,16-17H,6H2,1H3. The number of pyridine rings is 1. The molecule has 3 heteroatoms. The van der Waals surface area contributed by atoms with E-state index in [4.69, 9.17) is 0 Å². The Morgan fingerprint density at radius 1 is 1.41 bits per heavy atom. The van der Waals surface area contributed by atoms with Crippen LogP contribution in [0.25, 0.3) is 0 Å². The topological polar surface area (TPSA) is 45.1 Å². The Hall–Kier alpha value is -1.87. The van der Waals surface area contributed by atoms with Crippen LogP contribution in [0.15, 0.2) is 60.1 Å². The van der Waals surface area contributed by atoms with Crippen molar-refractivity contribution in [2.45, 2.75) is 19.6 Å². The van der Waals surface area contributed by atoms with Crippen LogP contribution in [-0.2, 0) is 0 Å². The molecule has 88 valence electrons. The largest absolute Gasteiger partial charge is 0.369 e. The van der Waals surface area contributed by atoms with Gasteiger partial charge in [0.05, 0.1) is 0 Å². The second-order valence-electron chi connectivity index (χ2n) is 4.04. The molecule has 1 atom stereocenters. The highest BCUT2D eigenvalue weighted by atomic mass is 16.3. The minimum absolute atomic E-state index is 0.713. The van der Waals surface area contributed by atoms with Gasteiger partial charge >= 0.3 is 0 Å². The number of aliphatic hydroxyl groups is 1. The van der Waals surface area contributed by atoms with Gasteiger partial charge in [-0.05, 0) is 19.1 Å². The third kappa shape index (κ3) is 3.29. The summed E-state index contributed by atoms with van der Waals surface area (Å²) in [6.07, 6.45) is 11.6. The maximum absolute atomic E-state index is 9.99. The highest BCUT2D eigenvalue weighted by molar-refractivity contribution is 5.29. The molecule has 1 aliphatic rings. The number of nitrogens with zero attached hydrogens (tertiary/aromatic N) is 1. The second kappa shape index (κ2) is 5.46. The van der Waals surface area contributed by atoms with E-state index >= 15 is 0 Å². The van der Waals surface area contributed by atoms with E-state index in [0.717, 1.165) is 17.7 Å². The SMILES string of the molecule is CC1=CC=C(NC(O)c2cccnc2)CC=C1. The third-order valence-corrected chi connectivity index (χ3v) is 2.59. The molecule has 0 fully saturated rings. The smallest absolute Gasteiger partial charge is 0.152 e. The van der Waals surface area contributed by atoms with Crippen LogP contribution in [0.4, 0.5) is 0 Å². The van der Waals surface area contributed by atoms with Crippen LogP contribution in [0.5, 0.6) is 0 Å². The van der Waals surface area contributed by atoms with E-state index in [2.05, 4.69) is 22.5 Å². The highest BCUT2D eigenvalue weighted by Crippen LogP contribution is 2.14. The highest BCUT2D eigenvalue weighted by Gasteiger charge is 2.08. The first-order chi connectivity index (χ1) is 8.25. The quantitative estimate of drug-likeness (QED) is 0.781. The zero-order valence-electron chi connectivity index (χ0n) is 9.80. The first-order valence-electron chi connectivity index (χ1n) is 5.64. The molecule has 0 aromatic carbocycles. The molecule has 1 aromatic heterocycles. The van der Waals surface area contributed by atoms with E-state index < -0.39 is 6.23 Å². The lowest BCUT2D eigenvalue weighted by Gasteiger charge is -2.15. The predicted molar refractivity (Wildman–Crippen MR) is 67.9 cm³/mol. The normalized spacial score (nSPS) is 16.8. The molecule has 1 unspecified atom stereocenters. The maximum Gasteiger partial charge on any atom is 0.152 e. The van der Waals surface area contributed by atoms with E-state index in [9.17, 15) is 5.11 Å². The summed E-state index contributed by atoms with van der Waals surface area (Å²) < 4.78 is 0. The summed E-state index contributed by atoms with van der Waals surface area (Å²) >= 11 is 0. The lowest BCUT2D eigenvalue weighted by atomic mass is 10.2. The van der Waals surface area contributed by atoms with Crippen molar-refractivity contribution in [3.8, 4) is 0 Å². The van der Waals surface area contributed by atoms with E-state index in [1.165, 1.54) is 5.57 Å². The van der Waals surface area contributed by atoms with Gasteiger partial charge in [-0.25, -0.2) is 0 Å².